The average Bonchev–Trinajstić information content (AvgIpc) is 2.16. The van der Waals surface area contributed by atoms with Crippen LogP contribution < -0.4 is 11.1 Å². The van der Waals surface area contributed by atoms with E-state index in [2.05, 4.69) is 5.32 Å². The van der Waals surface area contributed by atoms with Crippen molar-refractivity contribution in [3.8, 4) is 0 Å². The summed E-state index contributed by atoms with van der Waals surface area (Å²) in [5.74, 6) is 0.183. The van der Waals surface area contributed by atoms with Gasteiger partial charge in [0.25, 0.3) is 0 Å². The van der Waals surface area contributed by atoms with Crippen molar-refractivity contribution >= 4 is 11.4 Å². The van der Waals surface area contributed by atoms with Gasteiger partial charge in [-0.25, -0.2) is 4.39 Å². The molecule has 0 saturated heterocycles. The average molecular weight is 210 g/mol. The molecule has 1 aromatic rings. The first kappa shape index (κ1) is 10.2. The van der Waals surface area contributed by atoms with E-state index in [1.165, 1.54) is 12.1 Å². The Morgan fingerprint density at radius 1 is 1.47 bits per heavy atom. The van der Waals surface area contributed by atoms with Crippen LogP contribution in [0.25, 0.3) is 0 Å². The summed E-state index contributed by atoms with van der Waals surface area (Å²) in [5, 5.41) is 12.2. The van der Waals surface area contributed by atoms with E-state index in [4.69, 9.17) is 10.8 Å². The predicted molar refractivity (Wildman–Crippen MR) is 58.0 cm³/mol. The van der Waals surface area contributed by atoms with E-state index in [0.29, 0.717) is 17.3 Å². The van der Waals surface area contributed by atoms with Gasteiger partial charge in [0.05, 0.1) is 17.5 Å². The van der Waals surface area contributed by atoms with Crippen molar-refractivity contribution in [2.45, 2.75) is 18.9 Å². The number of anilines is 2. The summed E-state index contributed by atoms with van der Waals surface area (Å²) < 4.78 is 12.9. The molecule has 0 atom stereocenters. The lowest BCUT2D eigenvalue weighted by atomic mass is 9.82. The normalized spacial score (nSPS) is 24.7. The summed E-state index contributed by atoms with van der Waals surface area (Å²) in [6.07, 6.45) is 1.49. The number of halogens is 1. The Kier molecular flexibility index (Phi) is 2.77. The van der Waals surface area contributed by atoms with Crippen molar-refractivity contribution < 1.29 is 9.50 Å². The van der Waals surface area contributed by atoms with Crippen LogP contribution in [0.5, 0.6) is 0 Å². The second-order valence-electron chi connectivity index (χ2n) is 4.10. The Morgan fingerprint density at radius 2 is 2.20 bits per heavy atom. The number of rotatable bonds is 3. The number of hydrogen-bond acceptors (Lipinski definition) is 3. The monoisotopic (exact) mass is 210 g/mol. The van der Waals surface area contributed by atoms with Crippen molar-refractivity contribution in [1.29, 1.82) is 0 Å². The largest absolute Gasteiger partial charge is 0.397 e. The highest BCUT2D eigenvalue weighted by Gasteiger charge is 2.26. The van der Waals surface area contributed by atoms with Gasteiger partial charge in [-0.05, 0) is 37.0 Å². The summed E-state index contributed by atoms with van der Waals surface area (Å²) in [7, 11) is 0. The number of nitrogens with one attached hydrogen (secondary N) is 1. The SMILES string of the molecule is Nc1ccc(F)cc1NCC1CC(O)C1. The maximum absolute atomic E-state index is 12.9. The van der Waals surface area contributed by atoms with Crippen LogP contribution in [-0.2, 0) is 0 Å². The van der Waals surface area contributed by atoms with Gasteiger partial charge in [-0.2, -0.15) is 0 Å². The first-order valence-electron chi connectivity index (χ1n) is 5.12. The topological polar surface area (TPSA) is 58.3 Å². The lowest BCUT2D eigenvalue weighted by Crippen LogP contribution is -2.33. The van der Waals surface area contributed by atoms with Crippen molar-refractivity contribution in [3.05, 3.63) is 24.0 Å². The summed E-state index contributed by atoms with van der Waals surface area (Å²) in [6, 6.07) is 4.28. The number of benzene rings is 1. The molecule has 1 saturated carbocycles. The molecule has 0 amide bonds. The lowest BCUT2D eigenvalue weighted by Gasteiger charge is -2.31. The number of nitrogen functional groups attached to an aromatic ring is 1. The van der Waals surface area contributed by atoms with E-state index in [9.17, 15) is 4.39 Å². The lowest BCUT2D eigenvalue weighted by molar-refractivity contribution is 0.0487. The van der Waals surface area contributed by atoms with E-state index in [1.54, 1.807) is 6.07 Å². The summed E-state index contributed by atoms with van der Waals surface area (Å²) in [5.41, 5.74) is 6.87. The summed E-state index contributed by atoms with van der Waals surface area (Å²) >= 11 is 0. The minimum atomic E-state index is -0.291. The smallest absolute Gasteiger partial charge is 0.125 e. The number of aliphatic hydroxyl groups excluding tert-OH is 1. The number of aliphatic hydroxyl groups is 1. The van der Waals surface area contributed by atoms with E-state index in [0.717, 1.165) is 19.4 Å². The van der Waals surface area contributed by atoms with Crippen LogP contribution in [0.15, 0.2) is 18.2 Å². The van der Waals surface area contributed by atoms with E-state index >= 15 is 0 Å². The zero-order valence-corrected chi connectivity index (χ0v) is 8.41. The van der Waals surface area contributed by atoms with Gasteiger partial charge in [-0.15, -0.1) is 0 Å². The number of nitrogens with two attached hydrogens (primary N) is 1. The molecule has 15 heavy (non-hydrogen) atoms. The first-order valence-corrected chi connectivity index (χ1v) is 5.12. The van der Waals surface area contributed by atoms with Crippen LogP contribution in [0.4, 0.5) is 15.8 Å². The van der Waals surface area contributed by atoms with Gasteiger partial charge in [0.1, 0.15) is 5.82 Å². The Bertz CT molecular complexity index is 350. The third-order valence-electron chi connectivity index (χ3n) is 2.81. The Morgan fingerprint density at radius 3 is 2.87 bits per heavy atom. The van der Waals surface area contributed by atoms with Crippen molar-refractivity contribution in [2.75, 3.05) is 17.6 Å². The highest BCUT2D eigenvalue weighted by molar-refractivity contribution is 5.65. The van der Waals surface area contributed by atoms with Crippen LogP contribution in [0, 0.1) is 11.7 Å². The van der Waals surface area contributed by atoms with Gasteiger partial charge in [0, 0.05) is 6.54 Å². The molecule has 82 valence electrons. The molecule has 0 heterocycles. The molecule has 3 nitrogen and oxygen atoms in total. The highest BCUT2D eigenvalue weighted by atomic mass is 19.1. The predicted octanol–water partition coefficient (Wildman–Crippen LogP) is 1.59. The molecule has 0 radical (unpaired) electrons. The Labute approximate surface area is 88.1 Å². The van der Waals surface area contributed by atoms with Crippen LogP contribution in [-0.4, -0.2) is 17.8 Å². The minimum Gasteiger partial charge on any atom is -0.397 e. The maximum Gasteiger partial charge on any atom is 0.125 e. The molecular formula is C11H15FN2O. The fourth-order valence-corrected chi connectivity index (χ4v) is 1.80. The minimum absolute atomic E-state index is 0.151. The van der Waals surface area contributed by atoms with E-state index in [-0.39, 0.29) is 11.9 Å². The third kappa shape index (κ3) is 2.39. The van der Waals surface area contributed by atoms with Gasteiger partial charge in [-0.1, -0.05) is 0 Å². The molecule has 1 aliphatic carbocycles. The van der Waals surface area contributed by atoms with Crippen molar-refractivity contribution in [1.82, 2.24) is 0 Å². The standard InChI is InChI=1S/C11H15FN2O/c12-8-1-2-10(13)11(5-8)14-6-7-3-9(15)4-7/h1-2,5,7,9,14-15H,3-4,6,13H2. The van der Waals surface area contributed by atoms with Gasteiger partial charge in [0.2, 0.25) is 0 Å². The van der Waals surface area contributed by atoms with Crippen LogP contribution in [0.3, 0.4) is 0 Å². The van der Waals surface area contributed by atoms with Crippen LogP contribution in [0.1, 0.15) is 12.8 Å². The molecule has 1 fully saturated rings. The fraction of sp³-hybridized carbons (Fsp3) is 0.455. The van der Waals surface area contributed by atoms with Crippen molar-refractivity contribution in [2.24, 2.45) is 5.92 Å². The molecule has 4 N–H and O–H groups in total. The maximum atomic E-state index is 12.9. The summed E-state index contributed by atoms with van der Waals surface area (Å²) in [4.78, 5) is 0. The molecule has 0 aliphatic heterocycles. The van der Waals surface area contributed by atoms with E-state index < -0.39 is 0 Å². The molecule has 4 heteroatoms. The fourth-order valence-electron chi connectivity index (χ4n) is 1.80. The molecular weight excluding hydrogens is 195 g/mol. The molecule has 2 rings (SSSR count). The molecule has 0 spiro atoms. The van der Waals surface area contributed by atoms with Gasteiger partial charge < -0.3 is 16.2 Å². The molecule has 1 aliphatic rings. The van der Waals surface area contributed by atoms with E-state index in [1.807, 2.05) is 0 Å². The Balaban J connectivity index is 1.90. The van der Waals surface area contributed by atoms with Crippen molar-refractivity contribution in [3.63, 3.8) is 0 Å². The second kappa shape index (κ2) is 4.06. The zero-order chi connectivity index (χ0) is 10.8. The quantitative estimate of drug-likeness (QED) is 0.664. The molecule has 1 aromatic carbocycles. The molecule has 0 bridgehead atoms. The third-order valence-corrected chi connectivity index (χ3v) is 2.81. The zero-order valence-electron chi connectivity index (χ0n) is 8.41. The van der Waals surface area contributed by atoms with Crippen LogP contribution in [0.2, 0.25) is 0 Å². The second-order valence-corrected chi connectivity index (χ2v) is 4.10. The molecule has 0 aromatic heterocycles. The van der Waals surface area contributed by atoms with Gasteiger partial charge in [0.15, 0.2) is 0 Å². The molecule has 0 unspecified atom stereocenters. The van der Waals surface area contributed by atoms with Gasteiger partial charge >= 0.3 is 0 Å². The van der Waals surface area contributed by atoms with Crippen LogP contribution >= 0.6 is 0 Å². The number of hydrogen-bond donors (Lipinski definition) is 3. The highest BCUT2D eigenvalue weighted by Crippen LogP contribution is 2.28. The Hall–Kier alpha value is -1.29. The summed E-state index contributed by atoms with van der Waals surface area (Å²) in [6.45, 7) is 0.741. The first-order chi connectivity index (χ1) is 7.15. The van der Waals surface area contributed by atoms with Gasteiger partial charge in [-0.3, -0.25) is 0 Å².